The van der Waals surface area contributed by atoms with Gasteiger partial charge in [-0.05, 0) is 12.8 Å². The van der Waals surface area contributed by atoms with Gasteiger partial charge in [-0.1, -0.05) is 81.4 Å². The van der Waals surface area contributed by atoms with E-state index in [1.54, 1.807) is 0 Å². The van der Waals surface area contributed by atoms with Gasteiger partial charge in [0.15, 0.2) is 0 Å². The second-order valence-corrected chi connectivity index (χ2v) is 10.9. The normalized spacial score (nSPS) is 16.8. The Bertz CT molecular complexity index is 687. The fourth-order valence-electron chi connectivity index (χ4n) is 3.30. The summed E-state index contributed by atoms with van der Waals surface area (Å²) >= 11 is 1.20. The lowest BCUT2D eigenvalue weighted by atomic mass is 9.85. The van der Waals surface area contributed by atoms with E-state index in [1.165, 1.54) is 29.5 Å². The Morgan fingerprint density at radius 2 is 0.833 bits per heavy atom. The Balaban J connectivity index is 5.92. The van der Waals surface area contributed by atoms with Crippen LogP contribution in [0.1, 0.15) is 78.1 Å². The molecule has 0 aliphatic heterocycles. The maximum absolute atomic E-state index is 14.3. The molecule has 0 nitrogen and oxygen atoms in total. The first kappa shape index (κ1) is 35.7. The highest BCUT2D eigenvalue weighted by molar-refractivity contribution is 14.1. The van der Waals surface area contributed by atoms with E-state index in [1.807, 2.05) is 6.92 Å². The third-order valence-electron chi connectivity index (χ3n) is 5.79. The fourth-order valence-corrected chi connectivity index (χ4v) is 4.16. The third kappa shape index (κ3) is 6.81. The molecule has 0 spiro atoms. The van der Waals surface area contributed by atoms with Crippen LogP contribution in [0.2, 0.25) is 0 Å². The maximum atomic E-state index is 14.3. The fraction of sp³-hybridized carbons (Fsp3) is 1.00. The smallest absolute Gasteiger partial charge is 0.200 e. The van der Waals surface area contributed by atoms with E-state index in [4.69, 9.17) is 0 Å². The zero-order chi connectivity index (χ0) is 29.1. The molecule has 16 heteroatoms. The molecule has 0 radical (unpaired) electrons. The van der Waals surface area contributed by atoms with Gasteiger partial charge in [0.05, 0.1) is 0 Å². The van der Waals surface area contributed by atoms with Gasteiger partial charge >= 0.3 is 41.7 Å². The summed E-state index contributed by atoms with van der Waals surface area (Å²) in [5.41, 5.74) is 0. The minimum atomic E-state index is -8.23. The predicted octanol–water partition coefficient (Wildman–Crippen LogP) is 10.5. The van der Waals surface area contributed by atoms with E-state index >= 15 is 0 Å². The topological polar surface area (TPSA) is 0 Å². The molecular weight excluding hydrogens is 652 g/mol. The van der Waals surface area contributed by atoms with E-state index in [0.29, 0.717) is 12.8 Å². The molecule has 1 atom stereocenters. The van der Waals surface area contributed by atoms with Crippen LogP contribution in [-0.4, -0.2) is 45.1 Å². The summed E-state index contributed by atoms with van der Waals surface area (Å²) in [4.78, 5) is 0. The van der Waals surface area contributed by atoms with Crippen LogP contribution in [-0.2, 0) is 0 Å². The van der Waals surface area contributed by atoms with E-state index < -0.39 is 51.6 Å². The Kier molecular flexibility index (Phi) is 11.7. The monoisotopic (exact) mass is 678 g/mol. The summed E-state index contributed by atoms with van der Waals surface area (Å²) in [7, 11) is 0. The van der Waals surface area contributed by atoms with Crippen LogP contribution in [0, 0.1) is 0 Å². The van der Waals surface area contributed by atoms with Crippen LogP contribution in [0.3, 0.4) is 0 Å². The molecule has 0 bridgehead atoms. The number of hydrogen-bond acceptors (Lipinski definition) is 0. The molecule has 0 heterocycles. The van der Waals surface area contributed by atoms with Crippen molar-refractivity contribution >= 4 is 22.6 Å². The van der Waals surface area contributed by atoms with Crippen LogP contribution < -0.4 is 0 Å². The highest BCUT2D eigenvalue weighted by Crippen LogP contribution is 2.63. The highest BCUT2D eigenvalue weighted by Gasteiger charge is 2.93. The van der Waals surface area contributed by atoms with Gasteiger partial charge in [-0.25, -0.2) is 0 Å². The molecule has 0 saturated carbocycles. The molecule has 0 fully saturated rings. The van der Waals surface area contributed by atoms with Gasteiger partial charge in [0, 0.05) is 9.84 Å². The summed E-state index contributed by atoms with van der Waals surface area (Å²) in [6.07, 6.45) is -5.87. The van der Waals surface area contributed by atoms with Crippen LogP contribution in [0.4, 0.5) is 65.9 Å². The van der Waals surface area contributed by atoms with Crippen molar-refractivity contribution in [2.45, 2.75) is 123 Å². The minimum Gasteiger partial charge on any atom is -0.200 e. The summed E-state index contributed by atoms with van der Waals surface area (Å²) < 4.78 is 199. The molecule has 0 amide bonds. The van der Waals surface area contributed by atoms with Crippen molar-refractivity contribution in [1.29, 1.82) is 0 Å². The molecule has 0 aromatic heterocycles. The van der Waals surface area contributed by atoms with E-state index in [0.717, 1.165) is 25.7 Å². The lowest BCUT2D eigenvalue weighted by molar-refractivity contribution is -0.452. The molecule has 0 rings (SSSR count). The molecule has 1 unspecified atom stereocenters. The summed E-state index contributed by atoms with van der Waals surface area (Å²) in [5, 5.41) is 0. The van der Waals surface area contributed by atoms with Gasteiger partial charge in [-0.15, -0.1) is 0 Å². The van der Waals surface area contributed by atoms with Crippen molar-refractivity contribution in [2.75, 3.05) is 0 Å². The van der Waals surface area contributed by atoms with Gasteiger partial charge in [-0.2, -0.15) is 65.9 Å². The molecule has 36 heavy (non-hydrogen) atoms. The first-order valence-electron chi connectivity index (χ1n) is 10.9. The van der Waals surface area contributed by atoms with Crippen molar-refractivity contribution in [2.24, 2.45) is 0 Å². The summed E-state index contributed by atoms with van der Waals surface area (Å²) in [6, 6.07) is 0. The van der Waals surface area contributed by atoms with Gasteiger partial charge in [-0.3, -0.25) is 0 Å². The Labute approximate surface area is 211 Å². The van der Waals surface area contributed by atoms with Crippen molar-refractivity contribution in [3.63, 3.8) is 0 Å². The number of unbranched alkanes of at least 4 members (excludes halogenated alkanes) is 6. The molecular formula is C20H26F15I. The van der Waals surface area contributed by atoms with E-state index in [-0.39, 0.29) is 19.3 Å². The standard InChI is InChI=1S/C20H26F15I/c1-3-5-6-7-8-9-10-11-13(36,4-2)12-14(21,22)15(23,24)16(25,26)17(27,28)18(29,30)19(31,32)20(33,34)35/h3-12H2,1-2H3. The van der Waals surface area contributed by atoms with Gasteiger partial charge in [0.1, 0.15) is 0 Å². The Morgan fingerprint density at radius 1 is 0.472 bits per heavy atom. The largest absolute Gasteiger partial charge is 0.460 e. The maximum Gasteiger partial charge on any atom is 0.460 e. The first-order valence-corrected chi connectivity index (χ1v) is 11.9. The quantitative estimate of drug-likeness (QED) is 0.0660. The predicted molar refractivity (Wildman–Crippen MR) is 110 cm³/mol. The van der Waals surface area contributed by atoms with Crippen LogP contribution in [0.5, 0.6) is 0 Å². The SMILES string of the molecule is CCCCCCCCCC(I)(CC)CC(F)(F)C(F)(F)C(F)(F)C(F)(F)C(F)(F)C(F)(F)C(F)(F)F. The number of halogens is 16. The van der Waals surface area contributed by atoms with Crippen molar-refractivity contribution < 1.29 is 65.9 Å². The lowest BCUT2D eigenvalue weighted by Crippen LogP contribution is -2.72. The van der Waals surface area contributed by atoms with Gasteiger partial charge in [0.2, 0.25) is 0 Å². The van der Waals surface area contributed by atoms with Crippen LogP contribution in [0.15, 0.2) is 0 Å². The van der Waals surface area contributed by atoms with Crippen molar-refractivity contribution in [1.82, 2.24) is 0 Å². The first-order chi connectivity index (χ1) is 15.8. The average molecular weight is 678 g/mol. The number of alkyl halides is 16. The molecule has 0 aromatic carbocycles. The van der Waals surface area contributed by atoms with Crippen molar-refractivity contribution in [3.05, 3.63) is 0 Å². The number of hydrogen-bond donors (Lipinski definition) is 0. The second kappa shape index (κ2) is 11.8. The van der Waals surface area contributed by atoms with Crippen molar-refractivity contribution in [3.8, 4) is 0 Å². The zero-order valence-corrected chi connectivity index (χ0v) is 21.3. The Hall–Kier alpha value is -0.320. The molecule has 0 aliphatic rings. The van der Waals surface area contributed by atoms with Gasteiger partial charge in [0.25, 0.3) is 0 Å². The van der Waals surface area contributed by atoms with E-state index in [2.05, 4.69) is 0 Å². The summed E-state index contributed by atoms with van der Waals surface area (Å²) in [5.74, 6) is -46.0. The second-order valence-electron chi connectivity index (χ2n) is 8.63. The number of rotatable bonds is 16. The molecule has 0 aliphatic carbocycles. The van der Waals surface area contributed by atoms with Crippen LogP contribution in [0.25, 0.3) is 0 Å². The van der Waals surface area contributed by atoms with E-state index in [9.17, 15) is 65.9 Å². The molecule has 0 saturated heterocycles. The van der Waals surface area contributed by atoms with Crippen LogP contribution >= 0.6 is 22.6 Å². The summed E-state index contributed by atoms with van der Waals surface area (Å²) in [6.45, 7) is 3.12. The minimum absolute atomic E-state index is 0.132. The third-order valence-corrected chi connectivity index (χ3v) is 7.48. The highest BCUT2D eigenvalue weighted by atomic mass is 127. The Morgan fingerprint density at radius 3 is 1.22 bits per heavy atom. The molecule has 0 N–H and O–H groups in total. The lowest BCUT2D eigenvalue weighted by Gasteiger charge is -2.43. The zero-order valence-electron chi connectivity index (χ0n) is 19.1. The molecule has 218 valence electrons. The molecule has 0 aromatic rings. The van der Waals surface area contributed by atoms with Gasteiger partial charge < -0.3 is 0 Å². The average Bonchev–Trinajstić information content (AvgIpc) is 2.71.